The highest BCUT2D eigenvalue weighted by Crippen LogP contribution is 2.34. The lowest BCUT2D eigenvalue weighted by molar-refractivity contribution is 0.0651. The molecule has 1 aromatic heterocycles. The highest BCUT2D eigenvalue weighted by atomic mass is 16.5. The van der Waals surface area contributed by atoms with E-state index in [2.05, 4.69) is 15.6 Å². The average molecular weight is 791 g/mol. The minimum Gasteiger partial charge on any atom is -0.478 e. The molecule has 6 N–H and O–H groups in total. The van der Waals surface area contributed by atoms with Gasteiger partial charge in [-0.2, -0.15) is 15.0 Å². The number of para-hydroxylation sites is 2. The molecular formula is C43H30N6O10. The van der Waals surface area contributed by atoms with E-state index in [9.17, 15) is 39.6 Å². The summed E-state index contributed by atoms with van der Waals surface area (Å²) in [6.45, 7) is 0. The molecule has 0 aliphatic rings. The number of hydrogen-bond donors (Lipinski definition) is 6. The van der Waals surface area contributed by atoms with E-state index in [1.807, 2.05) is 65.6 Å². The van der Waals surface area contributed by atoms with Gasteiger partial charge in [-0.15, -0.1) is 0 Å². The van der Waals surface area contributed by atoms with Crippen molar-refractivity contribution in [1.82, 2.24) is 15.0 Å². The van der Waals surface area contributed by atoms with Crippen molar-refractivity contribution in [1.29, 1.82) is 0 Å². The van der Waals surface area contributed by atoms with Gasteiger partial charge in [0.05, 0.1) is 22.3 Å². The second-order valence-electron chi connectivity index (χ2n) is 12.4. The maximum atomic E-state index is 11.6. The fraction of sp³-hybridized carbons (Fsp3) is 0. The van der Waals surface area contributed by atoms with Crippen LogP contribution in [0.2, 0.25) is 0 Å². The van der Waals surface area contributed by atoms with Gasteiger partial charge in [-0.3, -0.25) is 4.90 Å². The molecule has 0 atom stereocenters. The van der Waals surface area contributed by atoms with E-state index < -0.39 is 35.0 Å². The Kier molecular flexibility index (Phi) is 11.0. The number of benzene rings is 6. The molecule has 59 heavy (non-hydrogen) atoms. The Morgan fingerprint density at radius 2 is 0.780 bits per heavy atom. The largest absolute Gasteiger partial charge is 0.478 e. The molecule has 0 aliphatic carbocycles. The number of carbonyl (C=O) groups is 4. The average Bonchev–Trinajstić information content (AvgIpc) is 3.23. The number of nitrogens with zero attached hydrogens (tertiary/aromatic N) is 4. The number of aromatic carboxylic acids is 4. The Balaban J connectivity index is 1.17. The lowest BCUT2D eigenvalue weighted by Gasteiger charge is -2.24. The summed E-state index contributed by atoms with van der Waals surface area (Å²) in [5.41, 5.74) is 1.12. The topological polar surface area (TPSA) is 234 Å². The third-order valence-corrected chi connectivity index (χ3v) is 8.45. The van der Waals surface area contributed by atoms with Crippen molar-refractivity contribution in [2.45, 2.75) is 0 Å². The van der Waals surface area contributed by atoms with Crippen LogP contribution in [0.1, 0.15) is 41.4 Å². The number of carboxylic acids is 4. The van der Waals surface area contributed by atoms with Gasteiger partial charge in [0.2, 0.25) is 17.8 Å². The first kappa shape index (κ1) is 38.5. The number of nitrogens with one attached hydrogen (secondary N) is 2. The van der Waals surface area contributed by atoms with E-state index >= 15 is 0 Å². The minimum atomic E-state index is -1.40. The molecular weight excluding hydrogens is 761 g/mol. The maximum absolute atomic E-state index is 11.6. The maximum Gasteiger partial charge on any atom is 0.336 e. The number of ether oxygens (including phenoxy) is 2. The molecule has 0 unspecified atom stereocenters. The van der Waals surface area contributed by atoms with Crippen molar-refractivity contribution < 1.29 is 49.1 Å². The minimum absolute atomic E-state index is 0.133. The quantitative estimate of drug-likeness (QED) is 0.0568. The van der Waals surface area contributed by atoms with E-state index in [1.54, 1.807) is 48.5 Å². The fourth-order valence-corrected chi connectivity index (χ4v) is 5.75. The Morgan fingerprint density at radius 1 is 0.424 bits per heavy atom. The van der Waals surface area contributed by atoms with Gasteiger partial charge >= 0.3 is 23.9 Å². The molecule has 0 saturated carbocycles. The number of carboxylic acid groups (broad SMARTS) is 4. The normalized spacial score (nSPS) is 10.6. The monoisotopic (exact) mass is 790 g/mol. The Hall–Kier alpha value is -8.79. The zero-order chi connectivity index (χ0) is 41.5. The third kappa shape index (κ3) is 9.20. The molecule has 16 nitrogen and oxygen atoms in total. The first-order chi connectivity index (χ1) is 28.5. The van der Waals surface area contributed by atoms with Gasteiger partial charge in [0.25, 0.3) is 0 Å². The van der Waals surface area contributed by atoms with Gasteiger partial charge in [-0.1, -0.05) is 36.4 Å². The molecule has 0 fully saturated rings. The van der Waals surface area contributed by atoms with Crippen LogP contribution in [-0.2, 0) is 0 Å². The predicted octanol–water partition coefficient (Wildman–Crippen LogP) is 9.21. The van der Waals surface area contributed by atoms with Crippen LogP contribution in [0.25, 0.3) is 0 Å². The van der Waals surface area contributed by atoms with Crippen molar-refractivity contribution in [3.05, 3.63) is 168 Å². The lowest BCUT2D eigenvalue weighted by Crippen LogP contribution is -2.16. The van der Waals surface area contributed by atoms with Crippen LogP contribution in [0, 0.1) is 0 Å². The van der Waals surface area contributed by atoms with Crippen molar-refractivity contribution in [2.24, 2.45) is 0 Å². The summed E-state index contributed by atoms with van der Waals surface area (Å²) in [6.07, 6.45) is 0. The van der Waals surface area contributed by atoms with Gasteiger partial charge in [-0.25, -0.2) is 19.2 Å². The molecule has 1 heterocycles. The van der Waals surface area contributed by atoms with E-state index in [0.717, 1.165) is 23.5 Å². The summed E-state index contributed by atoms with van der Waals surface area (Å²) >= 11 is 0. The van der Waals surface area contributed by atoms with Gasteiger partial charge in [0.15, 0.2) is 0 Å². The number of rotatable bonds is 15. The molecule has 0 aliphatic heterocycles. The molecule has 292 valence electrons. The first-order valence-corrected chi connectivity index (χ1v) is 17.5. The van der Waals surface area contributed by atoms with Crippen molar-refractivity contribution in [3.63, 3.8) is 0 Å². The summed E-state index contributed by atoms with van der Waals surface area (Å²) in [7, 11) is 0. The zero-order valence-electron chi connectivity index (χ0n) is 30.4. The molecule has 6 aromatic carbocycles. The van der Waals surface area contributed by atoms with Crippen LogP contribution in [0.3, 0.4) is 0 Å². The summed E-state index contributed by atoms with van der Waals surface area (Å²) in [4.78, 5) is 62.2. The van der Waals surface area contributed by atoms with E-state index in [0.29, 0.717) is 22.9 Å². The standard InChI is InChI=1S/C43H30N6O10/c50-37(51)33-21-19-31(23-35(33)39(54)55)58-29-15-11-25(12-16-29)44-41-46-42(48-43(47-41)49(27-7-3-1-4-8-27)28-9-5-2-6-10-28)45-26-13-17-30(18-14-26)59-32-20-22-34(38(52)53)36(24-32)40(56)57/h1-24H,(H,50,51)(H,52,53)(H,54,55)(H,56,57)(H2,44,45,46,47,48). The predicted molar refractivity (Wildman–Crippen MR) is 215 cm³/mol. The van der Waals surface area contributed by atoms with Crippen molar-refractivity contribution >= 4 is 64.5 Å². The lowest BCUT2D eigenvalue weighted by atomic mass is 10.1. The van der Waals surface area contributed by atoms with Gasteiger partial charge in [-0.05, 0) is 109 Å². The van der Waals surface area contributed by atoms with Crippen LogP contribution in [-0.4, -0.2) is 59.3 Å². The molecule has 7 rings (SSSR count). The van der Waals surface area contributed by atoms with Crippen LogP contribution >= 0.6 is 0 Å². The van der Waals surface area contributed by atoms with Crippen LogP contribution in [0.5, 0.6) is 23.0 Å². The van der Waals surface area contributed by atoms with Gasteiger partial charge in [0.1, 0.15) is 23.0 Å². The highest BCUT2D eigenvalue weighted by Gasteiger charge is 2.20. The summed E-state index contributed by atoms with van der Waals surface area (Å²) in [5.74, 6) is -3.99. The SMILES string of the molecule is O=C(O)c1ccc(Oc2ccc(Nc3nc(Nc4ccc(Oc5ccc(C(=O)O)c(C(=O)O)c5)cc4)nc(N(c4ccccc4)c4ccccc4)n3)cc2)cc1C(=O)O. The van der Waals surface area contributed by atoms with Crippen LogP contribution in [0.15, 0.2) is 146 Å². The van der Waals surface area contributed by atoms with E-state index in [1.165, 1.54) is 24.3 Å². The van der Waals surface area contributed by atoms with E-state index in [-0.39, 0.29) is 40.5 Å². The Labute approximate surface area is 334 Å². The molecule has 0 saturated heterocycles. The van der Waals surface area contributed by atoms with Crippen LogP contribution < -0.4 is 25.0 Å². The zero-order valence-corrected chi connectivity index (χ0v) is 30.4. The molecule has 16 heteroatoms. The molecule has 7 aromatic rings. The number of hydrogen-bond acceptors (Lipinski definition) is 12. The van der Waals surface area contributed by atoms with Gasteiger partial charge < -0.3 is 40.5 Å². The molecule has 0 amide bonds. The summed E-state index contributed by atoms with van der Waals surface area (Å²) < 4.78 is 11.6. The third-order valence-electron chi connectivity index (χ3n) is 8.45. The molecule has 0 radical (unpaired) electrons. The first-order valence-electron chi connectivity index (χ1n) is 17.5. The fourth-order valence-electron chi connectivity index (χ4n) is 5.75. The second kappa shape index (κ2) is 16.9. The molecule has 0 spiro atoms. The van der Waals surface area contributed by atoms with Crippen molar-refractivity contribution in [3.8, 4) is 23.0 Å². The van der Waals surface area contributed by atoms with Crippen LogP contribution in [0.4, 0.5) is 40.6 Å². The van der Waals surface area contributed by atoms with E-state index in [4.69, 9.17) is 19.4 Å². The second-order valence-corrected chi connectivity index (χ2v) is 12.4. The Bertz CT molecular complexity index is 2500. The number of anilines is 7. The van der Waals surface area contributed by atoms with Gasteiger partial charge in [0, 0.05) is 22.7 Å². The summed E-state index contributed by atoms with van der Waals surface area (Å²) in [6, 6.07) is 39.6. The summed E-state index contributed by atoms with van der Waals surface area (Å²) in [5, 5.41) is 44.0. The number of aromatic nitrogens is 3. The Morgan fingerprint density at radius 3 is 1.14 bits per heavy atom. The highest BCUT2D eigenvalue weighted by molar-refractivity contribution is 6.02. The molecule has 0 bridgehead atoms. The smallest absolute Gasteiger partial charge is 0.336 e. The van der Waals surface area contributed by atoms with Crippen molar-refractivity contribution in [2.75, 3.05) is 15.5 Å².